The van der Waals surface area contributed by atoms with Gasteiger partial charge >= 0.3 is 6.03 Å². The molecule has 2 atom stereocenters. The number of hydrazone groups is 1. The van der Waals surface area contributed by atoms with Crippen molar-refractivity contribution in [3.05, 3.63) is 65.5 Å². The third-order valence-electron chi connectivity index (χ3n) is 6.72. The molecule has 0 N–H and O–H groups in total. The average molecular weight is 423 g/mol. The normalized spacial score (nSPS) is 23.6. The van der Waals surface area contributed by atoms with E-state index in [0.29, 0.717) is 17.9 Å². The van der Waals surface area contributed by atoms with Gasteiger partial charge < -0.3 is 14.5 Å². The second kappa shape index (κ2) is 7.96. The zero-order valence-electron chi connectivity index (χ0n) is 17.9. The Bertz CT molecular complexity index is 1000. The molecule has 3 aliphatic rings. The summed E-state index contributed by atoms with van der Waals surface area (Å²) in [5.41, 5.74) is 2.36. The lowest BCUT2D eigenvalue weighted by atomic mass is 9.86. The second-order valence-corrected chi connectivity index (χ2v) is 8.67. The number of benzene rings is 2. The summed E-state index contributed by atoms with van der Waals surface area (Å²) in [5.74, 6) is 0.128. The van der Waals surface area contributed by atoms with Crippen molar-refractivity contribution >= 4 is 11.7 Å². The lowest BCUT2D eigenvalue weighted by molar-refractivity contribution is 0.102. The van der Waals surface area contributed by atoms with Crippen molar-refractivity contribution in [3.63, 3.8) is 0 Å². The summed E-state index contributed by atoms with van der Waals surface area (Å²) in [6.45, 7) is 2.35. The summed E-state index contributed by atoms with van der Waals surface area (Å²) in [4.78, 5) is 17.8. The van der Waals surface area contributed by atoms with E-state index in [-0.39, 0.29) is 29.8 Å². The van der Waals surface area contributed by atoms with Crippen LogP contribution < -0.4 is 4.74 Å². The predicted molar refractivity (Wildman–Crippen MR) is 117 cm³/mol. The van der Waals surface area contributed by atoms with Gasteiger partial charge in [-0.1, -0.05) is 30.3 Å². The zero-order chi connectivity index (χ0) is 21.5. The van der Waals surface area contributed by atoms with Crippen LogP contribution in [-0.2, 0) is 0 Å². The van der Waals surface area contributed by atoms with Gasteiger partial charge in [0.1, 0.15) is 11.6 Å². The van der Waals surface area contributed by atoms with E-state index in [9.17, 15) is 9.18 Å². The van der Waals surface area contributed by atoms with E-state index in [4.69, 9.17) is 9.84 Å². The number of fused-ring (bicyclic) bond motifs is 3. The van der Waals surface area contributed by atoms with Gasteiger partial charge in [-0.15, -0.1) is 0 Å². The Morgan fingerprint density at radius 3 is 2.65 bits per heavy atom. The second-order valence-electron chi connectivity index (χ2n) is 8.67. The van der Waals surface area contributed by atoms with Crippen molar-refractivity contribution in [2.45, 2.75) is 24.9 Å². The van der Waals surface area contributed by atoms with Crippen LogP contribution in [-0.4, -0.2) is 66.4 Å². The summed E-state index contributed by atoms with van der Waals surface area (Å²) in [6, 6.07) is 14.2. The van der Waals surface area contributed by atoms with E-state index in [0.717, 1.165) is 37.2 Å². The van der Waals surface area contributed by atoms with Gasteiger partial charge in [-0.2, -0.15) is 5.10 Å². The monoisotopic (exact) mass is 422 g/mol. The molecule has 162 valence electrons. The molecule has 0 radical (unpaired) electrons. The van der Waals surface area contributed by atoms with Gasteiger partial charge in [0.2, 0.25) is 0 Å². The Kier molecular flexibility index (Phi) is 5.14. The van der Waals surface area contributed by atoms with Crippen LogP contribution in [0.3, 0.4) is 0 Å². The molecule has 31 heavy (non-hydrogen) atoms. The molecule has 0 aliphatic carbocycles. The number of hydrogen-bond acceptors (Lipinski definition) is 4. The Hall–Kier alpha value is -2.93. The van der Waals surface area contributed by atoms with E-state index in [2.05, 4.69) is 11.9 Å². The molecule has 2 aromatic rings. The number of halogens is 1. The molecule has 2 amide bonds. The average Bonchev–Trinajstić information content (AvgIpc) is 3.19. The van der Waals surface area contributed by atoms with Crippen LogP contribution in [0.25, 0.3) is 0 Å². The number of piperidine rings is 1. The highest BCUT2D eigenvalue weighted by molar-refractivity contribution is 6.07. The molecular formula is C24H27FN4O2. The number of ether oxygens (including phenoxy) is 1. The summed E-state index contributed by atoms with van der Waals surface area (Å²) in [7, 11) is 3.98. The van der Waals surface area contributed by atoms with E-state index in [1.54, 1.807) is 11.1 Å². The van der Waals surface area contributed by atoms with Gasteiger partial charge in [-0.3, -0.25) is 0 Å². The highest BCUT2D eigenvalue weighted by atomic mass is 19.1. The molecule has 0 spiro atoms. The molecule has 0 aromatic heterocycles. The smallest absolute Gasteiger partial charge is 0.341 e. The lowest BCUT2D eigenvalue weighted by Gasteiger charge is -2.37. The van der Waals surface area contributed by atoms with Crippen LogP contribution in [0.5, 0.6) is 5.75 Å². The molecular weight excluding hydrogens is 395 g/mol. The highest BCUT2D eigenvalue weighted by Gasteiger charge is 2.46. The van der Waals surface area contributed by atoms with E-state index in [1.807, 2.05) is 42.3 Å². The van der Waals surface area contributed by atoms with Gasteiger partial charge in [0.25, 0.3) is 0 Å². The molecule has 6 nitrogen and oxygen atoms in total. The molecule has 5 rings (SSSR count). The maximum atomic E-state index is 14.0. The van der Waals surface area contributed by atoms with Crippen molar-refractivity contribution in [1.82, 2.24) is 14.8 Å². The van der Waals surface area contributed by atoms with Crippen LogP contribution >= 0.6 is 0 Å². The van der Waals surface area contributed by atoms with E-state index < -0.39 is 0 Å². The van der Waals surface area contributed by atoms with Crippen LogP contribution in [0, 0.1) is 11.7 Å². The molecule has 2 aromatic carbocycles. The van der Waals surface area contributed by atoms with Gasteiger partial charge in [0.05, 0.1) is 24.3 Å². The minimum absolute atomic E-state index is 0.122. The third-order valence-corrected chi connectivity index (χ3v) is 6.72. The standard InChI is InChI=1S/C24H27FN4O2/c1-27-12-10-18(11-13-27)28(2)24(30)29-23(16-6-4-3-5-7-16)20-15-31-21-9-8-17(25)14-19(21)22(20)26-29/h3-9,14,18,20,23H,10-13,15H2,1-2H3/t20-,23+/m0/s1. The molecule has 0 saturated carbocycles. The quantitative estimate of drug-likeness (QED) is 0.741. The van der Waals surface area contributed by atoms with Crippen molar-refractivity contribution in [2.75, 3.05) is 33.8 Å². The molecule has 0 bridgehead atoms. The first-order valence-electron chi connectivity index (χ1n) is 10.8. The minimum atomic E-state index is -0.338. The molecule has 1 fully saturated rings. The maximum absolute atomic E-state index is 14.0. The Labute approximate surface area is 181 Å². The lowest BCUT2D eigenvalue weighted by Crippen LogP contribution is -2.49. The molecule has 1 saturated heterocycles. The van der Waals surface area contributed by atoms with Gasteiger partial charge in [-0.25, -0.2) is 14.2 Å². The minimum Gasteiger partial charge on any atom is -0.492 e. The number of nitrogens with zero attached hydrogens (tertiary/aromatic N) is 4. The number of urea groups is 1. The van der Waals surface area contributed by atoms with Crippen molar-refractivity contribution < 1.29 is 13.9 Å². The van der Waals surface area contributed by atoms with E-state index >= 15 is 0 Å². The van der Waals surface area contributed by atoms with Crippen molar-refractivity contribution in [2.24, 2.45) is 11.0 Å². The fourth-order valence-electron chi connectivity index (χ4n) is 4.89. The summed E-state index contributed by atoms with van der Waals surface area (Å²) >= 11 is 0. The summed E-state index contributed by atoms with van der Waals surface area (Å²) in [6.07, 6.45) is 1.89. The number of carbonyl (C=O) groups is 1. The van der Waals surface area contributed by atoms with Gasteiger partial charge in [0, 0.05) is 18.7 Å². The topological polar surface area (TPSA) is 48.4 Å². The number of hydrogen-bond donors (Lipinski definition) is 0. The summed E-state index contributed by atoms with van der Waals surface area (Å²) in [5, 5.41) is 6.38. The molecule has 7 heteroatoms. The Morgan fingerprint density at radius 2 is 1.90 bits per heavy atom. The number of amides is 2. The Balaban J connectivity index is 1.51. The number of likely N-dealkylation sites (tertiary alicyclic amines) is 1. The SMILES string of the molecule is CN1CCC(N(C)C(=O)N2N=C3c4cc(F)ccc4OC[C@@H]3[C@H]2c2ccccc2)CC1. The van der Waals surface area contributed by atoms with E-state index in [1.165, 1.54) is 12.1 Å². The van der Waals surface area contributed by atoms with Crippen LogP contribution in [0.2, 0.25) is 0 Å². The highest BCUT2D eigenvalue weighted by Crippen LogP contribution is 2.43. The molecule has 3 heterocycles. The zero-order valence-corrected chi connectivity index (χ0v) is 17.9. The van der Waals surface area contributed by atoms with Gasteiger partial charge in [-0.05, 0) is 56.7 Å². The number of carbonyl (C=O) groups excluding carboxylic acids is 1. The van der Waals surface area contributed by atoms with Crippen molar-refractivity contribution in [3.8, 4) is 5.75 Å². The number of rotatable bonds is 2. The predicted octanol–water partition coefficient (Wildman–Crippen LogP) is 3.74. The van der Waals surface area contributed by atoms with Crippen molar-refractivity contribution in [1.29, 1.82) is 0 Å². The first-order valence-corrected chi connectivity index (χ1v) is 10.8. The van der Waals surface area contributed by atoms with Gasteiger partial charge in [0.15, 0.2) is 0 Å². The largest absolute Gasteiger partial charge is 0.492 e. The fraction of sp³-hybridized carbons (Fsp3) is 0.417. The fourth-order valence-corrected chi connectivity index (χ4v) is 4.89. The molecule has 0 unspecified atom stereocenters. The first-order chi connectivity index (χ1) is 15.0. The van der Waals surface area contributed by atoms with Crippen LogP contribution in [0.4, 0.5) is 9.18 Å². The third kappa shape index (κ3) is 3.57. The maximum Gasteiger partial charge on any atom is 0.341 e. The first kappa shape index (κ1) is 20.0. The molecule has 3 aliphatic heterocycles. The van der Waals surface area contributed by atoms with Crippen LogP contribution in [0.1, 0.15) is 30.0 Å². The summed E-state index contributed by atoms with van der Waals surface area (Å²) < 4.78 is 20.0. The van der Waals surface area contributed by atoms with Crippen LogP contribution in [0.15, 0.2) is 53.6 Å². The Morgan fingerprint density at radius 1 is 1.16 bits per heavy atom.